The smallest absolute Gasteiger partial charge is 0.236 e. The number of rotatable bonds is 7. The van der Waals surface area contributed by atoms with Crippen molar-refractivity contribution in [3.8, 4) is 11.3 Å². The minimum atomic E-state index is -3.45. The minimum Gasteiger partial charge on any atom is -0.370 e. The summed E-state index contributed by atoms with van der Waals surface area (Å²) in [4.78, 5) is 4.75. The van der Waals surface area contributed by atoms with Crippen LogP contribution < -0.4 is 5.32 Å². The molecule has 0 saturated carbocycles. The molecular formula is C26H25BrClN5O2S. The zero-order chi connectivity index (χ0) is 25.1. The van der Waals surface area contributed by atoms with Gasteiger partial charge in [-0.05, 0) is 52.4 Å². The van der Waals surface area contributed by atoms with Crippen molar-refractivity contribution in [2.75, 3.05) is 25.0 Å². The number of nitrogens with one attached hydrogen (secondary N) is 1. The molecule has 0 unspecified atom stereocenters. The highest BCUT2D eigenvalue weighted by atomic mass is 79.9. The molecule has 186 valence electrons. The monoisotopic (exact) mass is 585 g/mol. The van der Waals surface area contributed by atoms with Crippen LogP contribution in [0.5, 0.6) is 0 Å². The molecule has 1 aliphatic heterocycles. The molecule has 0 spiro atoms. The van der Waals surface area contributed by atoms with Gasteiger partial charge in [0.15, 0.2) is 5.65 Å². The summed E-state index contributed by atoms with van der Waals surface area (Å²) in [5.74, 6) is 1.14. The SMILES string of the molecule is O=S(=O)(/C=C/c1ccccc1)N1CCC(CNc2cc(-c3ccccc3Cl)nc3c(Br)cnn23)CC1. The highest BCUT2D eigenvalue weighted by Crippen LogP contribution is 2.31. The van der Waals surface area contributed by atoms with Crippen molar-refractivity contribution < 1.29 is 8.42 Å². The molecule has 0 bridgehead atoms. The number of sulfonamides is 1. The predicted octanol–water partition coefficient (Wildman–Crippen LogP) is 5.94. The van der Waals surface area contributed by atoms with E-state index in [-0.39, 0.29) is 0 Å². The van der Waals surface area contributed by atoms with E-state index in [1.54, 1.807) is 21.1 Å². The molecule has 0 atom stereocenters. The molecule has 1 saturated heterocycles. The quantitative estimate of drug-likeness (QED) is 0.290. The van der Waals surface area contributed by atoms with Crippen LogP contribution in [0.2, 0.25) is 5.02 Å². The Labute approximate surface area is 224 Å². The van der Waals surface area contributed by atoms with E-state index in [1.807, 2.05) is 60.7 Å². The number of hydrogen-bond donors (Lipinski definition) is 1. The number of benzene rings is 2. The van der Waals surface area contributed by atoms with E-state index in [1.165, 1.54) is 5.41 Å². The molecule has 3 heterocycles. The number of piperidine rings is 1. The second-order valence-corrected chi connectivity index (χ2v) is 11.8. The van der Waals surface area contributed by atoms with Crippen molar-refractivity contribution in [2.24, 2.45) is 5.92 Å². The summed E-state index contributed by atoms with van der Waals surface area (Å²) in [6.07, 6.45) is 4.92. The summed E-state index contributed by atoms with van der Waals surface area (Å²) in [5.41, 5.74) is 3.16. The maximum absolute atomic E-state index is 12.8. The Bertz CT molecular complexity index is 1500. The lowest BCUT2D eigenvalue weighted by molar-refractivity contribution is 0.284. The van der Waals surface area contributed by atoms with Gasteiger partial charge in [0.1, 0.15) is 5.82 Å². The van der Waals surface area contributed by atoms with E-state index in [4.69, 9.17) is 16.6 Å². The van der Waals surface area contributed by atoms with E-state index < -0.39 is 10.0 Å². The summed E-state index contributed by atoms with van der Waals surface area (Å²) in [6.45, 7) is 1.70. The third-order valence-corrected chi connectivity index (χ3v) is 8.77. The number of fused-ring (bicyclic) bond motifs is 1. The molecule has 7 nitrogen and oxygen atoms in total. The van der Waals surface area contributed by atoms with Crippen LogP contribution in [-0.2, 0) is 10.0 Å². The largest absolute Gasteiger partial charge is 0.370 e. The molecule has 2 aromatic heterocycles. The van der Waals surface area contributed by atoms with Gasteiger partial charge < -0.3 is 5.32 Å². The fraction of sp³-hybridized carbons (Fsp3) is 0.231. The first-order chi connectivity index (χ1) is 17.4. The summed E-state index contributed by atoms with van der Waals surface area (Å²) >= 11 is 9.96. The van der Waals surface area contributed by atoms with Crippen LogP contribution in [-0.4, -0.2) is 47.0 Å². The summed E-state index contributed by atoms with van der Waals surface area (Å²) in [5, 5.41) is 9.90. The fourth-order valence-corrected chi connectivity index (χ4v) is 6.10. The molecule has 0 aliphatic carbocycles. The molecule has 1 fully saturated rings. The van der Waals surface area contributed by atoms with Crippen LogP contribution in [0, 0.1) is 5.92 Å². The third kappa shape index (κ3) is 5.49. The zero-order valence-electron chi connectivity index (χ0n) is 19.4. The predicted molar refractivity (Wildman–Crippen MR) is 148 cm³/mol. The van der Waals surface area contributed by atoms with Crippen LogP contribution in [0.25, 0.3) is 23.0 Å². The van der Waals surface area contributed by atoms with Gasteiger partial charge in [-0.1, -0.05) is 60.1 Å². The van der Waals surface area contributed by atoms with Crippen LogP contribution >= 0.6 is 27.5 Å². The average Bonchev–Trinajstić information content (AvgIpc) is 3.28. The van der Waals surface area contributed by atoms with Gasteiger partial charge in [-0.15, -0.1) is 0 Å². The first kappa shape index (κ1) is 25.0. The Morgan fingerprint density at radius 3 is 2.56 bits per heavy atom. The molecule has 2 aromatic carbocycles. The summed E-state index contributed by atoms with van der Waals surface area (Å²) in [7, 11) is -3.45. The van der Waals surface area contributed by atoms with Gasteiger partial charge in [0.2, 0.25) is 10.0 Å². The molecule has 5 rings (SSSR count). The molecule has 1 aliphatic rings. The van der Waals surface area contributed by atoms with Crippen molar-refractivity contribution in [1.82, 2.24) is 18.9 Å². The van der Waals surface area contributed by atoms with Gasteiger partial charge in [0.05, 0.1) is 16.4 Å². The molecule has 1 N–H and O–H groups in total. The third-order valence-electron chi connectivity index (χ3n) is 6.32. The van der Waals surface area contributed by atoms with Gasteiger partial charge in [-0.25, -0.2) is 13.4 Å². The highest BCUT2D eigenvalue weighted by molar-refractivity contribution is 9.10. The van der Waals surface area contributed by atoms with Gasteiger partial charge in [0.25, 0.3) is 0 Å². The van der Waals surface area contributed by atoms with Crippen molar-refractivity contribution in [3.05, 3.63) is 87.3 Å². The van der Waals surface area contributed by atoms with Crippen LogP contribution in [0.3, 0.4) is 0 Å². The number of hydrogen-bond acceptors (Lipinski definition) is 5. The van der Waals surface area contributed by atoms with E-state index in [0.717, 1.165) is 40.0 Å². The van der Waals surface area contributed by atoms with Crippen LogP contribution in [0.15, 0.2) is 76.7 Å². The average molecular weight is 587 g/mol. The van der Waals surface area contributed by atoms with Gasteiger partial charge in [-0.3, -0.25) is 0 Å². The van der Waals surface area contributed by atoms with E-state index in [0.29, 0.717) is 36.2 Å². The molecule has 0 radical (unpaired) electrons. The zero-order valence-corrected chi connectivity index (χ0v) is 22.5. The highest BCUT2D eigenvalue weighted by Gasteiger charge is 2.26. The summed E-state index contributed by atoms with van der Waals surface area (Å²) in [6, 6.07) is 19.0. The fourth-order valence-electron chi connectivity index (χ4n) is 4.30. The van der Waals surface area contributed by atoms with E-state index in [9.17, 15) is 8.42 Å². The Kier molecular flexibility index (Phi) is 7.43. The van der Waals surface area contributed by atoms with Crippen LogP contribution in [0.4, 0.5) is 5.82 Å². The van der Waals surface area contributed by atoms with Crippen molar-refractivity contribution in [3.63, 3.8) is 0 Å². The molecule has 10 heteroatoms. The van der Waals surface area contributed by atoms with Crippen molar-refractivity contribution >= 4 is 55.1 Å². The van der Waals surface area contributed by atoms with Gasteiger partial charge in [-0.2, -0.15) is 13.9 Å². The standard InChI is InChI=1S/C26H25BrClN5O2S/c27-22-18-30-33-25(16-24(31-26(22)33)21-8-4-5-9-23(21)28)29-17-20-10-13-32(14-11-20)36(34,35)15-12-19-6-2-1-3-7-19/h1-9,12,15-16,18,20,29H,10-11,13-14,17H2/b15-12+. The first-order valence-corrected chi connectivity index (χ1v) is 14.3. The molecule has 0 amide bonds. The number of halogens is 2. The van der Waals surface area contributed by atoms with E-state index >= 15 is 0 Å². The molecular weight excluding hydrogens is 562 g/mol. The van der Waals surface area contributed by atoms with E-state index in [2.05, 4.69) is 26.3 Å². The van der Waals surface area contributed by atoms with Crippen molar-refractivity contribution in [2.45, 2.75) is 12.8 Å². The lowest BCUT2D eigenvalue weighted by Crippen LogP contribution is -2.39. The first-order valence-electron chi connectivity index (χ1n) is 11.7. The topological polar surface area (TPSA) is 79.6 Å². The Balaban J connectivity index is 1.26. The minimum absolute atomic E-state index is 0.334. The van der Waals surface area contributed by atoms with Gasteiger partial charge >= 0.3 is 0 Å². The second-order valence-electron chi connectivity index (χ2n) is 8.72. The summed E-state index contributed by atoms with van der Waals surface area (Å²) < 4.78 is 29.7. The lowest BCUT2D eigenvalue weighted by Gasteiger charge is -2.30. The maximum Gasteiger partial charge on any atom is 0.236 e. The maximum atomic E-state index is 12.8. The normalized spacial score (nSPS) is 15.6. The Morgan fingerprint density at radius 1 is 1.08 bits per heavy atom. The number of anilines is 1. The lowest BCUT2D eigenvalue weighted by atomic mass is 9.98. The van der Waals surface area contributed by atoms with Crippen LogP contribution in [0.1, 0.15) is 18.4 Å². The Morgan fingerprint density at radius 2 is 1.81 bits per heavy atom. The molecule has 4 aromatic rings. The number of aromatic nitrogens is 3. The molecule has 36 heavy (non-hydrogen) atoms. The number of nitrogens with zero attached hydrogens (tertiary/aromatic N) is 4. The van der Waals surface area contributed by atoms with Gasteiger partial charge in [0, 0.05) is 41.7 Å². The second kappa shape index (κ2) is 10.7. The van der Waals surface area contributed by atoms with Crippen molar-refractivity contribution in [1.29, 1.82) is 0 Å². The Hall–Kier alpha value is -2.72.